The Hall–Kier alpha value is -0.560. The molecule has 2 atom stereocenters. The molecule has 0 aromatic rings. The molecule has 0 spiro atoms. The Morgan fingerprint density at radius 2 is 1.91 bits per heavy atom. The van der Waals surface area contributed by atoms with Gasteiger partial charge in [0.2, 0.25) is 0 Å². The fraction of sp³-hybridized carbons (Fsp3) is 0.600. The third-order valence-electron chi connectivity index (χ3n) is 2.59. The molecule has 62 valence electrons. The minimum atomic E-state index is 0.546. The summed E-state index contributed by atoms with van der Waals surface area (Å²) >= 11 is 0. The van der Waals surface area contributed by atoms with Gasteiger partial charge >= 0.3 is 0 Å². The van der Waals surface area contributed by atoms with Gasteiger partial charge in [-0.05, 0) is 27.8 Å². The summed E-state index contributed by atoms with van der Waals surface area (Å²) in [6.07, 6.45) is 0. The van der Waals surface area contributed by atoms with Gasteiger partial charge in [-0.2, -0.15) is 0 Å². The van der Waals surface area contributed by atoms with Crippen molar-refractivity contribution in [1.82, 2.24) is 5.32 Å². The van der Waals surface area contributed by atoms with Gasteiger partial charge < -0.3 is 5.32 Å². The summed E-state index contributed by atoms with van der Waals surface area (Å²) in [7, 11) is 1.99. The molecular weight excluding hydrogens is 134 g/mol. The topological polar surface area (TPSA) is 12.0 Å². The van der Waals surface area contributed by atoms with Gasteiger partial charge in [0.15, 0.2) is 0 Å². The number of hydrogen-bond acceptors (Lipinski definition) is 1. The van der Waals surface area contributed by atoms with Crippen LogP contribution in [0.3, 0.4) is 0 Å². The monoisotopic (exact) mass is 151 g/mol. The minimum Gasteiger partial charge on any atom is -0.312 e. The van der Waals surface area contributed by atoms with E-state index < -0.39 is 0 Å². The summed E-state index contributed by atoms with van der Waals surface area (Å²) in [5.41, 5.74) is 4.24. The number of hydrogen-bond donors (Lipinski definition) is 1. The van der Waals surface area contributed by atoms with E-state index in [1.807, 2.05) is 7.05 Å². The van der Waals surface area contributed by atoms with Crippen LogP contribution in [0.4, 0.5) is 0 Å². The quantitative estimate of drug-likeness (QED) is 0.596. The molecule has 1 fully saturated rings. The van der Waals surface area contributed by atoms with Crippen LogP contribution in [-0.2, 0) is 0 Å². The minimum absolute atomic E-state index is 0.546. The second-order valence-corrected chi connectivity index (χ2v) is 3.50. The van der Waals surface area contributed by atoms with Crippen LogP contribution in [0.1, 0.15) is 20.8 Å². The van der Waals surface area contributed by atoms with Crippen LogP contribution in [0.2, 0.25) is 0 Å². The van der Waals surface area contributed by atoms with Gasteiger partial charge in [-0.15, -0.1) is 0 Å². The highest BCUT2D eigenvalue weighted by Gasteiger charge is 2.42. The molecule has 11 heavy (non-hydrogen) atoms. The lowest BCUT2D eigenvalue weighted by molar-refractivity contribution is 0.757. The van der Waals surface area contributed by atoms with Crippen LogP contribution < -0.4 is 5.32 Å². The molecule has 1 saturated carbocycles. The molecule has 0 saturated heterocycles. The first-order chi connectivity index (χ1) is 5.09. The summed E-state index contributed by atoms with van der Waals surface area (Å²) in [4.78, 5) is 0. The normalized spacial score (nSPS) is 28.5. The second-order valence-electron chi connectivity index (χ2n) is 3.50. The first kappa shape index (κ1) is 8.54. The average Bonchev–Trinajstić information content (AvgIpc) is 2.59. The van der Waals surface area contributed by atoms with E-state index in [9.17, 15) is 0 Å². The van der Waals surface area contributed by atoms with E-state index in [4.69, 9.17) is 0 Å². The zero-order chi connectivity index (χ0) is 8.59. The van der Waals surface area contributed by atoms with Crippen LogP contribution in [-0.4, -0.2) is 13.1 Å². The molecule has 1 aliphatic rings. The summed E-state index contributed by atoms with van der Waals surface area (Å²) in [6, 6.07) is 0.546. The Balaban J connectivity index is 2.68. The highest BCUT2D eigenvalue weighted by atomic mass is 14.9. The molecule has 1 rings (SSSR count). The second kappa shape index (κ2) is 2.82. The Kier molecular flexibility index (Phi) is 2.19. The molecule has 0 bridgehead atoms. The molecule has 1 nitrogen and oxygen atoms in total. The number of likely N-dealkylation sites (N-methyl/N-ethyl adjacent to an activating group) is 1. The van der Waals surface area contributed by atoms with Gasteiger partial charge in [0.05, 0.1) is 0 Å². The maximum absolute atomic E-state index is 4.01. The zero-order valence-electron chi connectivity index (χ0n) is 7.86. The van der Waals surface area contributed by atoms with E-state index in [2.05, 4.69) is 32.7 Å². The van der Waals surface area contributed by atoms with Crippen LogP contribution in [0, 0.1) is 5.92 Å². The third kappa shape index (κ3) is 1.38. The van der Waals surface area contributed by atoms with Gasteiger partial charge in [0, 0.05) is 12.0 Å². The van der Waals surface area contributed by atoms with Crippen molar-refractivity contribution in [3.63, 3.8) is 0 Å². The van der Waals surface area contributed by atoms with Crippen molar-refractivity contribution in [1.29, 1.82) is 0 Å². The Morgan fingerprint density at radius 1 is 1.36 bits per heavy atom. The van der Waals surface area contributed by atoms with Gasteiger partial charge in [0.25, 0.3) is 0 Å². The SMILES string of the molecule is C=C1C(NC)C1C(C)=C(C)C. The summed E-state index contributed by atoms with van der Waals surface area (Å²) in [6.45, 7) is 10.5. The van der Waals surface area contributed by atoms with Crippen molar-refractivity contribution in [3.05, 3.63) is 23.3 Å². The van der Waals surface area contributed by atoms with Crippen molar-refractivity contribution >= 4 is 0 Å². The summed E-state index contributed by atoms with van der Waals surface area (Å²) in [5.74, 6) is 0.616. The molecule has 2 unspecified atom stereocenters. The Bertz CT molecular complexity index is 209. The predicted octanol–water partition coefficient (Wildman–Crippen LogP) is 2.12. The first-order valence-corrected chi connectivity index (χ1v) is 4.09. The Morgan fingerprint density at radius 3 is 2.18 bits per heavy atom. The van der Waals surface area contributed by atoms with Crippen LogP contribution in [0.5, 0.6) is 0 Å². The lowest BCUT2D eigenvalue weighted by Gasteiger charge is -2.00. The first-order valence-electron chi connectivity index (χ1n) is 4.09. The average molecular weight is 151 g/mol. The lowest BCUT2D eigenvalue weighted by atomic mass is 10.1. The van der Waals surface area contributed by atoms with Crippen LogP contribution >= 0.6 is 0 Å². The lowest BCUT2D eigenvalue weighted by Crippen LogP contribution is -2.11. The third-order valence-corrected chi connectivity index (χ3v) is 2.59. The van der Waals surface area contributed by atoms with Gasteiger partial charge in [0.1, 0.15) is 0 Å². The van der Waals surface area contributed by atoms with E-state index in [-0.39, 0.29) is 0 Å². The Labute approximate surface area is 69.2 Å². The fourth-order valence-corrected chi connectivity index (χ4v) is 1.51. The maximum Gasteiger partial charge on any atom is 0.0385 e. The molecule has 0 heterocycles. The molecule has 1 N–H and O–H groups in total. The molecule has 0 aromatic heterocycles. The van der Waals surface area contributed by atoms with E-state index in [0.717, 1.165) is 0 Å². The van der Waals surface area contributed by atoms with Crippen molar-refractivity contribution < 1.29 is 0 Å². The highest BCUT2D eigenvalue weighted by molar-refractivity contribution is 5.42. The van der Waals surface area contributed by atoms with Gasteiger partial charge in [-0.1, -0.05) is 23.3 Å². The highest BCUT2D eigenvalue weighted by Crippen LogP contribution is 2.43. The summed E-state index contributed by atoms with van der Waals surface area (Å²) < 4.78 is 0. The smallest absolute Gasteiger partial charge is 0.0385 e. The molecular formula is C10H17N. The van der Waals surface area contributed by atoms with E-state index in [1.54, 1.807) is 0 Å². The van der Waals surface area contributed by atoms with E-state index in [0.29, 0.717) is 12.0 Å². The van der Waals surface area contributed by atoms with E-state index in [1.165, 1.54) is 16.7 Å². The maximum atomic E-state index is 4.01. The molecule has 1 heteroatoms. The standard InChI is InChI=1S/C10H17N/c1-6(2)7(3)9-8(4)10(9)11-5/h9-11H,4H2,1-3,5H3. The van der Waals surface area contributed by atoms with Gasteiger partial charge in [-0.25, -0.2) is 0 Å². The number of rotatable bonds is 2. The van der Waals surface area contributed by atoms with E-state index >= 15 is 0 Å². The fourth-order valence-electron chi connectivity index (χ4n) is 1.51. The van der Waals surface area contributed by atoms with Crippen molar-refractivity contribution in [2.45, 2.75) is 26.8 Å². The molecule has 0 aromatic carbocycles. The molecule has 0 radical (unpaired) electrons. The van der Waals surface area contributed by atoms with Crippen molar-refractivity contribution in [2.24, 2.45) is 5.92 Å². The number of nitrogens with one attached hydrogen (secondary N) is 1. The molecule has 0 aliphatic heterocycles. The molecule has 1 aliphatic carbocycles. The molecule has 0 amide bonds. The van der Waals surface area contributed by atoms with Gasteiger partial charge in [-0.3, -0.25) is 0 Å². The number of allylic oxidation sites excluding steroid dienone is 1. The van der Waals surface area contributed by atoms with Crippen LogP contribution in [0.25, 0.3) is 0 Å². The largest absolute Gasteiger partial charge is 0.312 e. The van der Waals surface area contributed by atoms with Crippen molar-refractivity contribution in [2.75, 3.05) is 7.05 Å². The van der Waals surface area contributed by atoms with Crippen LogP contribution in [0.15, 0.2) is 23.3 Å². The zero-order valence-corrected chi connectivity index (χ0v) is 7.86. The predicted molar refractivity (Wildman–Crippen MR) is 49.5 cm³/mol. The van der Waals surface area contributed by atoms with Crippen molar-refractivity contribution in [3.8, 4) is 0 Å². The summed E-state index contributed by atoms with van der Waals surface area (Å²) in [5, 5.41) is 3.24.